The van der Waals surface area contributed by atoms with Crippen LogP contribution in [-0.4, -0.2) is 69.6 Å². The summed E-state index contributed by atoms with van der Waals surface area (Å²) in [6, 6.07) is 42.8. The van der Waals surface area contributed by atoms with Crippen molar-refractivity contribution in [2.45, 2.75) is 45.1 Å². The first-order valence-corrected chi connectivity index (χ1v) is 19.2. The van der Waals surface area contributed by atoms with E-state index in [1.54, 1.807) is 0 Å². The monoisotopic (exact) mass is 733 g/mol. The highest BCUT2D eigenvalue weighted by atomic mass is 16.7. The van der Waals surface area contributed by atoms with Crippen LogP contribution in [-0.2, 0) is 29.2 Å². The molecule has 3 heterocycles. The average molecular weight is 734 g/mol. The van der Waals surface area contributed by atoms with Crippen LogP contribution in [0.2, 0.25) is 0 Å². The van der Waals surface area contributed by atoms with Gasteiger partial charge in [-0.25, -0.2) is 4.98 Å². The van der Waals surface area contributed by atoms with Crippen molar-refractivity contribution >= 4 is 16.9 Å². The molecule has 0 saturated carbocycles. The maximum atomic E-state index is 13.1. The van der Waals surface area contributed by atoms with Crippen LogP contribution in [0.5, 0.6) is 0 Å². The standard InChI is InChI=1S/C46H47N5O4/c1-32-43(30-51-25-23-50(24-26-51)29-33-9-3-2-4-10-33)54-46(55-44(32)36-17-15-34(31-52)16-18-36)37-21-19-35(20-22-37)39-12-6-5-11-38(39)27-48-45(53)42-28-47-40-13-7-8-14-41(40)49-42/h2-22,28,32,43-44,46,52H,23-27,29-31H2,1H3,(H,48,53). The first-order valence-electron chi connectivity index (χ1n) is 19.2. The summed E-state index contributed by atoms with van der Waals surface area (Å²) in [7, 11) is 0. The average Bonchev–Trinajstić information content (AvgIpc) is 3.24. The van der Waals surface area contributed by atoms with Crippen LogP contribution in [0.1, 0.15) is 57.6 Å². The summed E-state index contributed by atoms with van der Waals surface area (Å²) in [6.07, 6.45) is 0.755. The maximum absolute atomic E-state index is 13.1. The second-order valence-electron chi connectivity index (χ2n) is 14.6. The Labute approximate surface area is 322 Å². The number of fused-ring (bicyclic) bond motifs is 1. The smallest absolute Gasteiger partial charge is 0.271 e. The number of ether oxygens (including phenoxy) is 2. The summed E-state index contributed by atoms with van der Waals surface area (Å²) in [6.45, 7) is 8.40. The van der Waals surface area contributed by atoms with Gasteiger partial charge in [-0.15, -0.1) is 0 Å². The minimum absolute atomic E-state index is 0.00690. The Morgan fingerprint density at radius 2 is 1.42 bits per heavy atom. The van der Waals surface area contributed by atoms with Crippen molar-refractivity contribution in [3.8, 4) is 11.1 Å². The Balaban J connectivity index is 0.964. The lowest BCUT2D eigenvalue weighted by Gasteiger charge is -2.44. The molecule has 9 nitrogen and oxygen atoms in total. The fraction of sp³-hybridized carbons (Fsp3) is 0.283. The number of aromatic nitrogens is 2. The van der Waals surface area contributed by atoms with Crippen molar-refractivity contribution < 1.29 is 19.4 Å². The number of rotatable bonds is 11. The number of piperazine rings is 1. The molecule has 8 rings (SSSR count). The molecule has 2 aliphatic heterocycles. The molecule has 2 fully saturated rings. The predicted octanol–water partition coefficient (Wildman–Crippen LogP) is 7.33. The summed E-state index contributed by atoms with van der Waals surface area (Å²) >= 11 is 0. The third-order valence-corrected chi connectivity index (χ3v) is 10.9. The van der Waals surface area contributed by atoms with E-state index < -0.39 is 6.29 Å². The Morgan fingerprint density at radius 1 is 0.745 bits per heavy atom. The molecular formula is C46H47N5O4. The highest BCUT2D eigenvalue weighted by molar-refractivity contribution is 5.93. The van der Waals surface area contributed by atoms with Gasteiger partial charge in [0.05, 0.1) is 36.0 Å². The molecule has 4 unspecified atom stereocenters. The zero-order chi connectivity index (χ0) is 37.6. The lowest BCUT2D eigenvalue weighted by molar-refractivity contribution is -0.276. The molecule has 0 radical (unpaired) electrons. The number of carbonyl (C=O) groups is 1. The molecule has 280 valence electrons. The number of nitrogens with zero attached hydrogens (tertiary/aromatic N) is 4. The highest BCUT2D eigenvalue weighted by Crippen LogP contribution is 2.42. The molecule has 2 aliphatic rings. The third-order valence-electron chi connectivity index (χ3n) is 10.9. The Hall–Kier alpha value is -5.29. The normalized spacial score (nSPS) is 20.7. The van der Waals surface area contributed by atoms with Crippen LogP contribution in [0, 0.1) is 5.92 Å². The molecule has 55 heavy (non-hydrogen) atoms. The van der Waals surface area contributed by atoms with Gasteiger partial charge in [0, 0.05) is 57.3 Å². The van der Waals surface area contributed by atoms with Crippen LogP contribution >= 0.6 is 0 Å². The van der Waals surface area contributed by atoms with Crippen molar-refractivity contribution in [2.75, 3.05) is 32.7 Å². The van der Waals surface area contributed by atoms with Gasteiger partial charge < -0.3 is 19.9 Å². The van der Waals surface area contributed by atoms with Crippen molar-refractivity contribution in [1.82, 2.24) is 25.1 Å². The van der Waals surface area contributed by atoms with Gasteiger partial charge in [0.2, 0.25) is 0 Å². The van der Waals surface area contributed by atoms with E-state index in [4.69, 9.17) is 9.47 Å². The molecule has 2 saturated heterocycles. The number of hydrogen-bond donors (Lipinski definition) is 2. The quantitative estimate of drug-likeness (QED) is 0.143. The van der Waals surface area contributed by atoms with Crippen molar-refractivity contribution in [2.24, 2.45) is 5.92 Å². The fourth-order valence-electron chi connectivity index (χ4n) is 7.66. The molecule has 4 atom stereocenters. The van der Waals surface area contributed by atoms with E-state index in [1.807, 2.05) is 54.6 Å². The van der Waals surface area contributed by atoms with Crippen LogP contribution in [0.25, 0.3) is 22.2 Å². The van der Waals surface area contributed by atoms with E-state index in [1.165, 1.54) is 11.8 Å². The molecule has 1 amide bonds. The van der Waals surface area contributed by atoms with Crippen molar-refractivity contribution in [3.05, 3.63) is 167 Å². The second-order valence-corrected chi connectivity index (χ2v) is 14.6. The van der Waals surface area contributed by atoms with Gasteiger partial charge in [0.15, 0.2) is 6.29 Å². The SMILES string of the molecule is CC1C(CN2CCN(Cc3ccccc3)CC2)OC(c2ccc(-c3ccccc3CNC(=O)c3cnc4ccccc4n3)cc2)OC1c1ccc(CO)cc1. The molecule has 9 heteroatoms. The number of nitrogens with one attached hydrogen (secondary N) is 1. The van der Waals surface area contributed by atoms with E-state index in [9.17, 15) is 9.90 Å². The minimum Gasteiger partial charge on any atom is -0.392 e. The second kappa shape index (κ2) is 17.0. The van der Waals surface area contributed by atoms with Gasteiger partial charge in [-0.2, -0.15) is 0 Å². The molecule has 0 aliphatic carbocycles. The molecule has 2 N–H and O–H groups in total. The summed E-state index contributed by atoms with van der Waals surface area (Å²) < 4.78 is 13.6. The third kappa shape index (κ3) is 8.67. The van der Waals surface area contributed by atoms with Crippen molar-refractivity contribution in [1.29, 1.82) is 0 Å². The van der Waals surface area contributed by atoms with Gasteiger partial charge in [-0.3, -0.25) is 19.6 Å². The number of aliphatic hydroxyl groups excluding tert-OH is 1. The zero-order valence-corrected chi connectivity index (χ0v) is 31.1. The Kier molecular flexibility index (Phi) is 11.3. The number of para-hydroxylation sites is 2. The lowest BCUT2D eigenvalue weighted by Crippen LogP contribution is -2.51. The van der Waals surface area contributed by atoms with E-state index in [-0.39, 0.29) is 36.3 Å². The Bertz CT molecular complexity index is 2190. The van der Waals surface area contributed by atoms with E-state index in [0.29, 0.717) is 12.1 Å². The fourth-order valence-corrected chi connectivity index (χ4v) is 7.66. The number of amides is 1. The summed E-state index contributed by atoms with van der Waals surface area (Å²) in [5, 5.41) is 12.7. The van der Waals surface area contributed by atoms with Crippen molar-refractivity contribution in [3.63, 3.8) is 0 Å². The van der Waals surface area contributed by atoms with Gasteiger partial charge in [0.1, 0.15) is 5.69 Å². The van der Waals surface area contributed by atoms with E-state index >= 15 is 0 Å². The largest absolute Gasteiger partial charge is 0.392 e. The van der Waals surface area contributed by atoms with Gasteiger partial charge in [0.25, 0.3) is 5.91 Å². The maximum Gasteiger partial charge on any atom is 0.271 e. The van der Waals surface area contributed by atoms with Crippen LogP contribution in [0.3, 0.4) is 0 Å². The molecule has 1 aromatic heterocycles. The molecule has 5 aromatic carbocycles. The number of aliphatic hydroxyl groups is 1. The summed E-state index contributed by atoms with van der Waals surface area (Å²) in [5.74, 6) is -0.158. The van der Waals surface area contributed by atoms with Crippen LogP contribution in [0.4, 0.5) is 0 Å². The zero-order valence-electron chi connectivity index (χ0n) is 31.1. The Morgan fingerprint density at radius 3 is 2.18 bits per heavy atom. The van der Waals surface area contributed by atoms with Gasteiger partial charge in [-0.05, 0) is 45.5 Å². The van der Waals surface area contributed by atoms with E-state index in [0.717, 1.165) is 78.2 Å². The summed E-state index contributed by atoms with van der Waals surface area (Å²) in [4.78, 5) is 27.0. The lowest BCUT2D eigenvalue weighted by atomic mass is 9.89. The minimum atomic E-state index is -0.547. The summed E-state index contributed by atoms with van der Waals surface area (Å²) in [5.41, 5.74) is 9.04. The first-order chi connectivity index (χ1) is 27.0. The molecule has 6 aromatic rings. The van der Waals surface area contributed by atoms with Crippen LogP contribution < -0.4 is 5.32 Å². The first kappa shape index (κ1) is 36.7. The molecule has 0 spiro atoms. The van der Waals surface area contributed by atoms with Gasteiger partial charge in [-0.1, -0.05) is 122 Å². The number of hydrogen-bond acceptors (Lipinski definition) is 8. The van der Waals surface area contributed by atoms with E-state index in [2.05, 4.69) is 105 Å². The van der Waals surface area contributed by atoms with Gasteiger partial charge >= 0.3 is 0 Å². The highest BCUT2D eigenvalue weighted by Gasteiger charge is 2.39. The topological polar surface area (TPSA) is 100 Å². The number of benzene rings is 5. The molecule has 0 bridgehead atoms. The number of carbonyl (C=O) groups excluding carboxylic acids is 1. The van der Waals surface area contributed by atoms with Crippen LogP contribution in [0.15, 0.2) is 134 Å². The predicted molar refractivity (Wildman–Crippen MR) is 214 cm³/mol. The molecular weight excluding hydrogens is 687 g/mol.